The topological polar surface area (TPSA) is 68.4 Å². The highest BCUT2D eigenvalue weighted by molar-refractivity contribution is 6.30. The van der Waals surface area contributed by atoms with Crippen LogP contribution in [0.1, 0.15) is 44.2 Å². The Bertz CT molecular complexity index is 544. The highest BCUT2D eigenvalue weighted by Gasteiger charge is 2.19. The number of rotatable bonds is 5. The van der Waals surface area contributed by atoms with Gasteiger partial charge in [-0.3, -0.25) is 0 Å². The van der Waals surface area contributed by atoms with Crippen LogP contribution in [0.5, 0.6) is 5.75 Å². The van der Waals surface area contributed by atoms with Crippen LogP contribution in [0.2, 0.25) is 5.02 Å². The highest BCUT2D eigenvalue weighted by atomic mass is 35.5. The van der Waals surface area contributed by atoms with E-state index in [0.29, 0.717) is 23.1 Å². The fourth-order valence-electron chi connectivity index (χ4n) is 1.53. The van der Waals surface area contributed by atoms with Crippen LogP contribution in [0.25, 0.3) is 0 Å². The number of benzene rings is 1. The molecular formula is C13H15ClN2O3. The lowest BCUT2D eigenvalue weighted by Gasteiger charge is -2.10. The van der Waals surface area contributed by atoms with E-state index in [4.69, 9.17) is 20.9 Å². The molecule has 0 aliphatic rings. The van der Waals surface area contributed by atoms with Gasteiger partial charge in [-0.05, 0) is 31.5 Å². The van der Waals surface area contributed by atoms with Gasteiger partial charge in [-0.1, -0.05) is 29.7 Å². The van der Waals surface area contributed by atoms with Gasteiger partial charge in [0, 0.05) is 5.02 Å². The second-order valence-electron chi connectivity index (χ2n) is 4.13. The van der Waals surface area contributed by atoms with Gasteiger partial charge in [-0.25, -0.2) is 0 Å². The van der Waals surface area contributed by atoms with E-state index >= 15 is 0 Å². The molecule has 1 N–H and O–H groups in total. The summed E-state index contributed by atoms with van der Waals surface area (Å²) in [5.74, 6) is 1.22. The van der Waals surface area contributed by atoms with Crippen LogP contribution < -0.4 is 4.74 Å². The fraction of sp³-hybridized carbons (Fsp3) is 0.385. The first-order valence-electron chi connectivity index (χ1n) is 6.04. The molecule has 0 saturated carbocycles. The quantitative estimate of drug-likeness (QED) is 0.911. The third-order valence-corrected chi connectivity index (χ3v) is 2.83. The molecule has 0 radical (unpaired) electrons. The molecule has 0 amide bonds. The predicted octanol–water partition coefficient (Wildman–Crippen LogP) is 3.31. The number of ether oxygens (including phenoxy) is 1. The molecule has 2 aromatic rings. The van der Waals surface area contributed by atoms with Crippen molar-refractivity contribution in [3.63, 3.8) is 0 Å². The molecule has 0 fully saturated rings. The van der Waals surface area contributed by atoms with Crippen LogP contribution in [0.15, 0.2) is 28.8 Å². The van der Waals surface area contributed by atoms with Crippen molar-refractivity contribution in [3.8, 4) is 5.75 Å². The van der Waals surface area contributed by atoms with Crippen LogP contribution in [-0.4, -0.2) is 15.2 Å². The Morgan fingerprint density at radius 3 is 2.95 bits per heavy atom. The molecule has 6 heteroatoms. The zero-order chi connectivity index (χ0) is 13.8. The zero-order valence-electron chi connectivity index (χ0n) is 10.7. The summed E-state index contributed by atoms with van der Waals surface area (Å²) >= 11 is 5.87. The van der Waals surface area contributed by atoms with Gasteiger partial charge in [-0.2, -0.15) is 4.98 Å². The lowest BCUT2D eigenvalue weighted by molar-refractivity contribution is 0.157. The molecule has 2 atom stereocenters. The third-order valence-electron chi connectivity index (χ3n) is 2.60. The minimum absolute atomic E-state index is 0.277. The molecule has 0 aliphatic heterocycles. The molecule has 5 nitrogen and oxygen atoms in total. The Hall–Kier alpha value is -1.59. The van der Waals surface area contributed by atoms with Gasteiger partial charge >= 0.3 is 0 Å². The molecule has 1 heterocycles. The maximum absolute atomic E-state index is 9.61. The molecule has 102 valence electrons. The van der Waals surface area contributed by atoms with E-state index < -0.39 is 12.2 Å². The molecule has 1 aromatic carbocycles. The first kappa shape index (κ1) is 13.8. The van der Waals surface area contributed by atoms with Gasteiger partial charge in [0.05, 0.1) is 0 Å². The number of aliphatic hydroxyl groups excluding tert-OH is 1. The van der Waals surface area contributed by atoms with Crippen molar-refractivity contribution >= 4 is 11.6 Å². The molecule has 0 bridgehead atoms. The van der Waals surface area contributed by atoms with E-state index in [2.05, 4.69) is 10.1 Å². The first-order chi connectivity index (χ1) is 9.10. The minimum atomic E-state index is -0.712. The average Bonchev–Trinajstić information content (AvgIpc) is 2.87. The third kappa shape index (κ3) is 3.45. The van der Waals surface area contributed by atoms with E-state index in [9.17, 15) is 5.11 Å². The summed E-state index contributed by atoms with van der Waals surface area (Å²) in [5, 5.41) is 13.9. The van der Waals surface area contributed by atoms with Gasteiger partial charge in [0.15, 0.2) is 11.9 Å². The Morgan fingerprint density at radius 1 is 1.47 bits per heavy atom. The van der Waals surface area contributed by atoms with E-state index in [1.54, 1.807) is 31.2 Å². The predicted molar refractivity (Wildman–Crippen MR) is 70.0 cm³/mol. The van der Waals surface area contributed by atoms with Crippen molar-refractivity contribution in [1.82, 2.24) is 10.1 Å². The van der Waals surface area contributed by atoms with E-state index in [-0.39, 0.29) is 5.82 Å². The largest absolute Gasteiger partial charge is 0.481 e. The van der Waals surface area contributed by atoms with E-state index in [1.165, 1.54) is 0 Å². The number of nitrogens with zero attached hydrogens (tertiary/aromatic N) is 2. The normalized spacial score (nSPS) is 14.1. The lowest BCUT2D eigenvalue weighted by atomic mass is 10.3. The van der Waals surface area contributed by atoms with Gasteiger partial charge < -0.3 is 14.4 Å². The maximum atomic E-state index is 9.61. The molecule has 2 rings (SSSR count). The molecular weight excluding hydrogens is 268 g/mol. The monoisotopic (exact) mass is 282 g/mol. The number of halogens is 1. The number of hydrogen-bond acceptors (Lipinski definition) is 5. The van der Waals surface area contributed by atoms with Gasteiger partial charge in [0.2, 0.25) is 0 Å². The van der Waals surface area contributed by atoms with Crippen molar-refractivity contribution in [1.29, 1.82) is 0 Å². The maximum Gasteiger partial charge on any atom is 0.267 e. The summed E-state index contributed by atoms with van der Waals surface area (Å²) < 4.78 is 10.7. The molecule has 1 aromatic heterocycles. The molecule has 19 heavy (non-hydrogen) atoms. The first-order valence-corrected chi connectivity index (χ1v) is 6.41. The van der Waals surface area contributed by atoms with E-state index in [0.717, 1.165) is 0 Å². The Labute approximate surface area is 116 Å². The highest BCUT2D eigenvalue weighted by Crippen LogP contribution is 2.24. The zero-order valence-corrected chi connectivity index (χ0v) is 11.5. The smallest absolute Gasteiger partial charge is 0.267 e. The summed E-state index contributed by atoms with van der Waals surface area (Å²) in [5.41, 5.74) is 0. The van der Waals surface area contributed by atoms with Crippen molar-refractivity contribution in [2.75, 3.05) is 0 Å². The average molecular weight is 283 g/mol. The second kappa shape index (κ2) is 6.04. The summed E-state index contributed by atoms with van der Waals surface area (Å²) in [4.78, 5) is 4.11. The Kier molecular flexibility index (Phi) is 4.39. The van der Waals surface area contributed by atoms with Crippen LogP contribution in [0, 0.1) is 0 Å². The van der Waals surface area contributed by atoms with E-state index in [1.807, 2.05) is 6.92 Å². The lowest BCUT2D eigenvalue weighted by Crippen LogP contribution is -2.04. The summed E-state index contributed by atoms with van der Waals surface area (Å²) in [6.45, 7) is 3.63. The van der Waals surface area contributed by atoms with Crippen LogP contribution >= 0.6 is 11.6 Å². The standard InChI is InChI=1S/C13H15ClN2O3/c1-3-11(17)12-15-13(19-16-12)8(2)18-10-6-4-5-9(14)7-10/h4-8,11,17H,3H2,1-2H3. The number of aromatic nitrogens is 2. The fourth-order valence-corrected chi connectivity index (χ4v) is 1.71. The van der Waals surface area contributed by atoms with Crippen LogP contribution in [0.3, 0.4) is 0 Å². The number of hydrogen-bond donors (Lipinski definition) is 1. The molecule has 0 aliphatic carbocycles. The summed E-state index contributed by atoms with van der Waals surface area (Å²) in [6.07, 6.45) is -0.595. The van der Waals surface area contributed by atoms with Gasteiger partial charge in [-0.15, -0.1) is 0 Å². The Morgan fingerprint density at radius 2 is 2.26 bits per heavy atom. The van der Waals surface area contributed by atoms with Crippen molar-refractivity contribution in [2.24, 2.45) is 0 Å². The minimum Gasteiger partial charge on any atom is -0.481 e. The summed E-state index contributed by atoms with van der Waals surface area (Å²) in [6, 6.07) is 7.06. The molecule has 0 saturated heterocycles. The van der Waals surface area contributed by atoms with Crippen molar-refractivity contribution < 1.29 is 14.4 Å². The number of aliphatic hydroxyl groups is 1. The molecule has 0 spiro atoms. The van der Waals surface area contributed by atoms with Crippen LogP contribution in [0.4, 0.5) is 0 Å². The van der Waals surface area contributed by atoms with Gasteiger partial charge in [0.25, 0.3) is 5.89 Å². The SMILES string of the molecule is CCC(O)c1noc(C(C)Oc2cccc(Cl)c2)n1. The van der Waals surface area contributed by atoms with Gasteiger partial charge in [0.1, 0.15) is 11.9 Å². The second-order valence-corrected chi connectivity index (χ2v) is 4.57. The van der Waals surface area contributed by atoms with Crippen molar-refractivity contribution in [3.05, 3.63) is 41.0 Å². The Balaban J connectivity index is 2.07. The summed E-state index contributed by atoms with van der Waals surface area (Å²) in [7, 11) is 0. The molecule has 2 unspecified atom stereocenters. The van der Waals surface area contributed by atoms with Crippen LogP contribution in [-0.2, 0) is 0 Å². The van der Waals surface area contributed by atoms with Crippen molar-refractivity contribution in [2.45, 2.75) is 32.5 Å².